The smallest absolute Gasteiger partial charge is 0.254 e. The summed E-state index contributed by atoms with van der Waals surface area (Å²) in [5.41, 5.74) is 3.95. The van der Waals surface area contributed by atoms with Crippen LogP contribution in [0.1, 0.15) is 77.5 Å². The maximum Gasteiger partial charge on any atom is 0.254 e. The number of nitrogens with one attached hydrogen (secondary N) is 1. The predicted octanol–water partition coefficient (Wildman–Crippen LogP) is 4.36. The second-order valence-corrected chi connectivity index (χ2v) is 8.65. The Bertz CT molecular complexity index is 930. The Hall–Kier alpha value is -2.62. The first-order chi connectivity index (χ1) is 14.2. The van der Waals surface area contributed by atoms with Gasteiger partial charge in [-0.15, -0.1) is 0 Å². The summed E-state index contributed by atoms with van der Waals surface area (Å²) >= 11 is 0. The van der Waals surface area contributed by atoms with Gasteiger partial charge in [0.15, 0.2) is 0 Å². The van der Waals surface area contributed by atoms with Gasteiger partial charge < -0.3 is 10.2 Å². The molecule has 2 heterocycles. The Morgan fingerprint density at radius 1 is 0.897 bits per heavy atom. The van der Waals surface area contributed by atoms with Gasteiger partial charge in [-0.3, -0.25) is 9.59 Å². The van der Waals surface area contributed by atoms with Crippen molar-refractivity contribution in [2.75, 3.05) is 6.54 Å². The molecule has 1 aliphatic carbocycles. The number of amides is 2. The highest BCUT2D eigenvalue weighted by Gasteiger charge is 2.46. The minimum Gasteiger partial charge on any atom is -0.353 e. The van der Waals surface area contributed by atoms with Crippen LogP contribution in [-0.4, -0.2) is 29.3 Å². The van der Waals surface area contributed by atoms with Crippen molar-refractivity contribution >= 4 is 11.8 Å². The molecule has 2 aromatic rings. The molecule has 2 aliphatic heterocycles. The van der Waals surface area contributed by atoms with E-state index in [2.05, 4.69) is 17.4 Å². The lowest BCUT2D eigenvalue weighted by atomic mass is 9.75. The molecule has 1 saturated carbocycles. The minimum atomic E-state index is -0.353. The molecule has 4 nitrogen and oxygen atoms in total. The van der Waals surface area contributed by atoms with E-state index in [-0.39, 0.29) is 29.8 Å². The highest BCUT2D eigenvalue weighted by Crippen LogP contribution is 2.46. The van der Waals surface area contributed by atoms with E-state index in [0.717, 1.165) is 30.4 Å². The molecule has 1 fully saturated rings. The van der Waals surface area contributed by atoms with Gasteiger partial charge in [-0.1, -0.05) is 68.1 Å². The molecule has 0 aromatic heterocycles. The van der Waals surface area contributed by atoms with Crippen molar-refractivity contribution in [3.8, 4) is 0 Å². The number of fused-ring (bicyclic) bond motifs is 4. The van der Waals surface area contributed by atoms with Crippen LogP contribution in [0.25, 0.3) is 0 Å². The number of rotatable bonds is 2. The lowest BCUT2D eigenvalue weighted by Gasteiger charge is -2.45. The molecule has 0 saturated heterocycles. The second kappa shape index (κ2) is 7.66. The van der Waals surface area contributed by atoms with Crippen LogP contribution in [0.3, 0.4) is 0 Å². The van der Waals surface area contributed by atoms with Crippen LogP contribution in [0.15, 0.2) is 48.5 Å². The Morgan fingerprint density at radius 3 is 2.38 bits per heavy atom. The molecule has 0 spiro atoms. The number of carbonyl (C=O) groups is 2. The summed E-state index contributed by atoms with van der Waals surface area (Å²) in [6.45, 7) is 0.669. The normalized spacial score (nSPS) is 24.1. The van der Waals surface area contributed by atoms with Crippen LogP contribution in [0.4, 0.5) is 0 Å². The summed E-state index contributed by atoms with van der Waals surface area (Å²) < 4.78 is 0. The van der Waals surface area contributed by atoms with Gasteiger partial charge in [0.1, 0.15) is 0 Å². The van der Waals surface area contributed by atoms with E-state index < -0.39 is 0 Å². The van der Waals surface area contributed by atoms with E-state index in [0.29, 0.717) is 12.1 Å². The van der Waals surface area contributed by atoms with E-state index in [1.165, 1.54) is 31.2 Å². The number of hydrogen-bond acceptors (Lipinski definition) is 2. The fraction of sp³-hybridized carbons (Fsp3) is 0.440. The second-order valence-electron chi connectivity index (χ2n) is 8.65. The molecule has 2 amide bonds. The van der Waals surface area contributed by atoms with Crippen LogP contribution in [0.2, 0.25) is 0 Å². The molecular formula is C25H28N2O2. The number of carbonyl (C=O) groups excluding carboxylic acids is 2. The van der Waals surface area contributed by atoms with E-state index >= 15 is 0 Å². The van der Waals surface area contributed by atoms with Gasteiger partial charge in [-0.05, 0) is 42.0 Å². The van der Waals surface area contributed by atoms with E-state index in [1.54, 1.807) is 0 Å². The Balaban J connectivity index is 1.56. The number of hydrogen-bond donors (Lipinski definition) is 1. The monoisotopic (exact) mass is 388 g/mol. The first-order valence-electron chi connectivity index (χ1n) is 11.0. The van der Waals surface area contributed by atoms with Crippen molar-refractivity contribution < 1.29 is 9.59 Å². The van der Waals surface area contributed by atoms with Crippen molar-refractivity contribution in [2.45, 2.75) is 62.9 Å². The number of benzene rings is 2. The van der Waals surface area contributed by atoms with Crippen molar-refractivity contribution in [1.29, 1.82) is 0 Å². The molecule has 0 bridgehead atoms. The third-order valence-corrected chi connectivity index (χ3v) is 6.92. The van der Waals surface area contributed by atoms with Crippen molar-refractivity contribution in [1.82, 2.24) is 10.2 Å². The average molecular weight is 389 g/mol. The van der Waals surface area contributed by atoms with Gasteiger partial charge >= 0.3 is 0 Å². The summed E-state index contributed by atoms with van der Waals surface area (Å²) in [4.78, 5) is 28.9. The Kier molecular flexibility index (Phi) is 4.86. The minimum absolute atomic E-state index is 0.0543. The fourth-order valence-electron chi connectivity index (χ4n) is 5.47. The third kappa shape index (κ3) is 3.25. The highest BCUT2D eigenvalue weighted by molar-refractivity contribution is 6.01. The van der Waals surface area contributed by atoms with Crippen molar-refractivity contribution in [2.24, 2.45) is 0 Å². The van der Waals surface area contributed by atoms with Gasteiger partial charge in [0.2, 0.25) is 5.91 Å². The Labute approximate surface area is 172 Å². The van der Waals surface area contributed by atoms with Crippen LogP contribution in [0.5, 0.6) is 0 Å². The van der Waals surface area contributed by atoms with Crippen LogP contribution in [0, 0.1) is 0 Å². The molecular weight excluding hydrogens is 360 g/mol. The first-order valence-corrected chi connectivity index (χ1v) is 11.0. The predicted molar refractivity (Wildman–Crippen MR) is 113 cm³/mol. The molecule has 3 aliphatic rings. The molecule has 29 heavy (non-hydrogen) atoms. The van der Waals surface area contributed by atoms with Gasteiger partial charge in [-0.25, -0.2) is 0 Å². The van der Waals surface area contributed by atoms with Crippen LogP contribution < -0.4 is 5.32 Å². The third-order valence-electron chi connectivity index (χ3n) is 6.92. The molecule has 5 rings (SSSR count). The van der Waals surface area contributed by atoms with E-state index in [4.69, 9.17) is 0 Å². The zero-order valence-corrected chi connectivity index (χ0v) is 16.8. The molecule has 150 valence electrons. The van der Waals surface area contributed by atoms with Gasteiger partial charge in [0, 0.05) is 18.2 Å². The molecule has 4 heteroatoms. The van der Waals surface area contributed by atoms with Gasteiger partial charge in [0.25, 0.3) is 5.91 Å². The Morgan fingerprint density at radius 2 is 1.59 bits per heavy atom. The standard InChI is InChI=1S/C25H28N2O2/c28-24(26-18-10-3-1-2-4-11-18)22-20-13-7-8-14-21(20)25(29)27-16-15-17-9-5-6-12-19(17)23(22)27/h5-9,12-14,18,22-23H,1-4,10-11,15-16H2,(H,26,28)/t22-,23-/m1/s1. The van der Waals surface area contributed by atoms with E-state index in [9.17, 15) is 9.59 Å². The largest absolute Gasteiger partial charge is 0.353 e. The lowest BCUT2D eigenvalue weighted by molar-refractivity contribution is -0.125. The van der Waals surface area contributed by atoms with Crippen molar-refractivity contribution in [3.05, 3.63) is 70.8 Å². The quantitative estimate of drug-likeness (QED) is 0.777. The summed E-state index contributed by atoms with van der Waals surface area (Å²) in [5, 5.41) is 3.37. The summed E-state index contributed by atoms with van der Waals surface area (Å²) in [6.07, 6.45) is 7.85. The summed E-state index contributed by atoms with van der Waals surface area (Å²) in [7, 11) is 0. The van der Waals surface area contributed by atoms with Crippen LogP contribution in [-0.2, 0) is 11.2 Å². The van der Waals surface area contributed by atoms with Gasteiger partial charge in [0.05, 0.1) is 12.0 Å². The van der Waals surface area contributed by atoms with E-state index in [1.807, 2.05) is 41.3 Å². The van der Waals surface area contributed by atoms with Gasteiger partial charge in [-0.2, -0.15) is 0 Å². The summed E-state index contributed by atoms with van der Waals surface area (Å²) in [5.74, 6) is -0.226. The fourth-order valence-corrected chi connectivity index (χ4v) is 5.47. The lowest BCUT2D eigenvalue weighted by Crippen LogP contribution is -2.51. The zero-order valence-electron chi connectivity index (χ0n) is 16.8. The average Bonchev–Trinajstić information content (AvgIpc) is 3.02. The van der Waals surface area contributed by atoms with Crippen LogP contribution >= 0.6 is 0 Å². The maximum atomic E-state index is 13.7. The first kappa shape index (κ1) is 18.4. The molecule has 2 aromatic carbocycles. The molecule has 0 radical (unpaired) electrons. The zero-order chi connectivity index (χ0) is 19.8. The highest BCUT2D eigenvalue weighted by atomic mass is 16.2. The topological polar surface area (TPSA) is 49.4 Å². The molecule has 0 unspecified atom stereocenters. The SMILES string of the molecule is O=C(NC1CCCCCC1)[C@@H]1c2ccccc2C(=O)N2CCc3ccccc3[C@H]12. The molecule has 1 N–H and O–H groups in total. The maximum absolute atomic E-state index is 13.7. The van der Waals surface area contributed by atoms with Crippen molar-refractivity contribution in [3.63, 3.8) is 0 Å². The number of nitrogens with zero attached hydrogens (tertiary/aromatic N) is 1. The molecule has 2 atom stereocenters. The summed E-state index contributed by atoms with van der Waals surface area (Å²) in [6, 6.07) is 16.0.